The number of alkyl halides is 3. The Balaban J connectivity index is 0.975. The summed E-state index contributed by atoms with van der Waals surface area (Å²) in [6, 6.07) is 17.1. The number of carbonyl (C=O) groups is 2. The first-order valence-electron chi connectivity index (χ1n) is 23.7. The highest BCUT2D eigenvalue weighted by atomic mass is 32.2. The lowest BCUT2D eigenvalue weighted by molar-refractivity contribution is -0.137. The summed E-state index contributed by atoms with van der Waals surface area (Å²) in [5.41, 5.74) is 3.69. The minimum absolute atomic E-state index is 0.0170. The zero-order valence-corrected chi connectivity index (χ0v) is 41.1. The summed E-state index contributed by atoms with van der Waals surface area (Å²) < 4.78 is 67.3. The standard InChI is InChI=1S/C50H49F3N16O4S/c1-30-11-12-31(47(71)63-41-23-34(15-16-54-41)50(51,52)53)21-37(30)61-45-43-40(26-56-49(65-43)68-19-6-7-20-68)69(29-59-45)27-33-14-13-32(46(70)60-35-9-8-10-36(24-35)74(72,73)66(2)3)22-38(33)62-44-42-39(57-28-58-44)25-55-48(64-42)67-17-4-5-18-67/h8-16,21-26,28-29,40,61H,4-7,17-20,27H2,1-3H3,(H,60,70)(H,54,63,71)(H,57,58,62). The van der Waals surface area contributed by atoms with Crippen molar-refractivity contribution in [1.29, 1.82) is 0 Å². The van der Waals surface area contributed by atoms with Crippen molar-refractivity contribution >= 4 is 86.0 Å². The Kier molecular flexibility index (Phi) is 13.5. The minimum atomic E-state index is -4.62. The van der Waals surface area contributed by atoms with Crippen molar-refractivity contribution in [2.75, 3.05) is 66.4 Å². The van der Waals surface area contributed by atoms with Crippen molar-refractivity contribution in [2.45, 2.75) is 56.3 Å². The van der Waals surface area contributed by atoms with Gasteiger partial charge in [-0.15, -0.1) is 0 Å². The molecule has 7 heterocycles. The monoisotopic (exact) mass is 1030 g/mol. The van der Waals surface area contributed by atoms with Gasteiger partial charge in [0.1, 0.15) is 34.9 Å². The van der Waals surface area contributed by atoms with Crippen molar-refractivity contribution in [3.8, 4) is 0 Å². The average molecular weight is 1030 g/mol. The van der Waals surface area contributed by atoms with E-state index in [0.29, 0.717) is 57.2 Å². The molecule has 0 bridgehead atoms. The van der Waals surface area contributed by atoms with Gasteiger partial charge in [-0.05, 0) is 98.3 Å². The molecule has 0 aliphatic carbocycles. The number of aliphatic imine (C=N–C) groups is 3. The number of benzene rings is 3. The van der Waals surface area contributed by atoms with E-state index in [2.05, 4.69) is 51.0 Å². The van der Waals surface area contributed by atoms with Gasteiger partial charge < -0.3 is 36.0 Å². The van der Waals surface area contributed by atoms with Crippen LogP contribution in [0, 0.1) is 6.92 Å². The molecular formula is C50H49F3N16O4S. The second-order valence-corrected chi connectivity index (χ2v) is 20.3. The zero-order chi connectivity index (χ0) is 51.7. The molecule has 74 heavy (non-hydrogen) atoms. The van der Waals surface area contributed by atoms with E-state index in [0.717, 1.165) is 80.1 Å². The third-order valence-electron chi connectivity index (χ3n) is 12.8. The van der Waals surface area contributed by atoms with Crippen molar-refractivity contribution in [3.63, 3.8) is 0 Å². The number of amides is 2. The van der Waals surface area contributed by atoms with Gasteiger partial charge >= 0.3 is 6.18 Å². The number of fused-ring (bicyclic) bond motifs is 2. The van der Waals surface area contributed by atoms with Gasteiger partial charge in [0.05, 0.1) is 23.0 Å². The lowest BCUT2D eigenvalue weighted by atomic mass is 10.0. The smallest absolute Gasteiger partial charge is 0.344 e. The maximum atomic E-state index is 14.0. The molecule has 0 spiro atoms. The van der Waals surface area contributed by atoms with E-state index in [4.69, 9.17) is 20.0 Å². The van der Waals surface area contributed by atoms with Gasteiger partial charge in [0.25, 0.3) is 11.8 Å². The number of rotatable bonds is 13. The average Bonchev–Trinajstić information content (AvgIpc) is 4.15. The highest BCUT2D eigenvalue weighted by Crippen LogP contribution is 2.34. The molecule has 6 aromatic rings. The van der Waals surface area contributed by atoms with E-state index in [1.54, 1.807) is 67.3 Å². The summed E-state index contributed by atoms with van der Waals surface area (Å²) in [6.45, 7) is 5.23. The summed E-state index contributed by atoms with van der Waals surface area (Å²) in [7, 11) is -0.919. The van der Waals surface area contributed by atoms with Gasteiger partial charge in [-0.3, -0.25) is 9.59 Å². The van der Waals surface area contributed by atoms with E-state index in [-0.39, 0.29) is 34.1 Å². The summed E-state index contributed by atoms with van der Waals surface area (Å²) in [5.74, 6) is 0.404. The van der Waals surface area contributed by atoms with E-state index in [1.807, 2.05) is 11.8 Å². The first kappa shape index (κ1) is 49.2. The van der Waals surface area contributed by atoms with Crippen LogP contribution in [-0.2, 0) is 22.7 Å². The predicted molar refractivity (Wildman–Crippen MR) is 275 cm³/mol. The predicted octanol–water partition coefficient (Wildman–Crippen LogP) is 7.27. The Morgan fingerprint density at radius 2 is 1.53 bits per heavy atom. The van der Waals surface area contributed by atoms with Crippen LogP contribution in [0.2, 0.25) is 0 Å². The second-order valence-electron chi connectivity index (χ2n) is 18.1. The van der Waals surface area contributed by atoms with E-state index >= 15 is 0 Å². The quantitative estimate of drug-likeness (QED) is 0.0892. The third-order valence-corrected chi connectivity index (χ3v) is 14.7. The summed E-state index contributed by atoms with van der Waals surface area (Å²) >= 11 is 0. The molecule has 3 aromatic carbocycles. The number of hydrogen-bond acceptors (Lipinski definition) is 17. The lowest BCUT2D eigenvalue weighted by Crippen LogP contribution is -2.43. The summed E-state index contributed by atoms with van der Waals surface area (Å²) in [5, 5.41) is 12.1. The molecule has 0 saturated carbocycles. The van der Waals surface area contributed by atoms with Gasteiger partial charge in [-0.25, -0.2) is 52.6 Å². The van der Waals surface area contributed by atoms with Crippen molar-refractivity contribution in [2.24, 2.45) is 15.0 Å². The lowest BCUT2D eigenvalue weighted by Gasteiger charge is -2.35. The fourth-order valence-electron chi connectivity index (χ4n) is 8.76. The number of anilines is 6. The van der Waals surface area contributed by atoms with Crippen LogP contribution in [0.15, 0.2) is 123 Å². The van der Waals surface area contributed by atoms with Crippen LogP contribution >= 0.6 is 0 Å². The number of halogens is 3. The Morgan fingerprint density at radius 1 is 0.797 bits per heavy atom. The molecule has 2 amide bonds. The van der Waals surface area contributed by atoms with Crippen LogP contribution < -0.4 is 26.2 Å². The first-order chi connectivity index (χ1) is 35.6. The number of hydrogen-bond donors (Lipinski definition) is 4. The molecule has 380 valence electrons. The number of pyridine rings is 1. The number of carbonyl (C=O) groups excluding carboxylic acids is 2. The van der Waals surface area contributed by atoms with Crippen LogP contribution in [0.3, 0.4) is 0 Å². The van der Waals surface area contributed by atoms with E-state index in [9.17, 15) is 31.2 Å². The molecule has 10 rings (SSSR count). The molecule has 24 heteroatoms. The van der Waals surface area contributed by atoms with Crippen LogP contribution in [0.25, 0.3) is 11.0 Å². The fourth-order valence-corrected chi connectivity index (χ4v) is 9.71. The number of sulfonamides is 1. The number of guanidine groups is 1. The van der Waals surface area contributed by atoms with Gasteiger partial charge in [0, 0.05) is 87.4 Å². The number of aryl methyl sites for hydroxylation is 1. The van der Waals surface area contributed by atoms with Gasteiger partial charge in [0.2, 0.25) is 21.9 Å². The maximum Gasteiger partial charge on any atom is 0.416 e. The Hall–Kier alpha value is -8.38. The topological polar surface area (TPSA) is 231 Å². The summed E-state index contributed by atoms with van der Waals surface area (Å²) in [4.78, 5) is 70.9. The molecule has 2 saturated heterocycles. The van der Waals surface area contributed by atoms with Crippen LogP contribution in [-0.4, -0.2) is 124 Å². The van der Waals surface area contributed by atoms with E-state index < -0.39 is 39.6 Å². The minimum Gasteiger partial charge on any atom is -0.344 e. The van der Waals surface area contributed by atoms with Crippen molar-refractivity contribution in [1.82, 2.24) is 39.0 Å². The fraction of sp³-hybridized carbons (Fsp3) is 0.280. The Morgan fingerprint density at radius 3 is 2.28 bits per heavy atom. The molecule has 4 N–H and O–H groups in total. The van der Waals surface area contributed by atoms with Crippen molar-refractivity contribution in [3.05, 3.63) is 131 Å². The number of aromatic nitrogens is 5. The van der Waals surface area contributed by atoms with Gasteiger partial charge in [-0.1, -0.05) is 18.2 Å². The number of likely N-dealkylation sites (tertiary alicyclic amines) is 1. The normalized spacial score (nSPS) is 16.7. The molecule has 4 aliphatic heterocycles. The van der Waals surface area contributed by atoms with Gasteiger partial charge in [-0.2, -0.15) is 13.2 Å². The molecule has 0 radical (unpaired) electrons. The second kappa shape index (κ2) is 20.3. The largest absolute Gasteiger partial charge is 0.416 e. The Labute approximate surface area is 423 Å². The maximum absolute atomic E-state index is 14.0. The zero-order valence-electron chi connectivity index (χ0n) is 40.3. The van der Waals surface area contributed by atoms with Crippen LogP contribution in [0.4, 0.5) is 47.8 Å². The highest BCUT2D eigenvalue weighted by molar-refractivity contribution is 7.89. The first-order valence-corrected chi connectivity index (χ1v) is 25.1. The Bertz CT molecular complexity index is 3430. The van der Waals surface area contributed by atoms with Crippen LogP contribution in [0.1, 0.15) is 63.1 Å². The van der Waals surface area contributed by atoms with Gasteiger partial charge in [0.15, 0.2) is 11.6 Å². The number of nitrogens with zero attached hydrogens (tertiary/aromatic N) is 12. The molecule has 1 atom stereocenters. The number of nitrogens with one attached hydrogen (secondary N) is 4. The molecule has 4 aliphatic rings. The summed E-state index contributed by atoms with van der Waals surface area (Å²) in [6.07, 6.45) is 6.90. The van der Waals surface area contributed by atoms with E-state index in [1.165, 1.54) is 32.6 Å². The molecule has 1 unspecified atom stereocenters. The molecular weight excluding hydrogens is 978 g/mol. The highest BCUT2D eigenvalue weighted by Gasteiger charge is 2.33. The molecule has 20 nitrogen and oxygen atoms in total. The third kappa shape index (κ3) is 10.4. The molecule has 2 fully saturated rings. The van der Waals surface area contributed by atoms with Crippen LogP contribution in [0.5, 0.6) is 0 Å². The SMILES string of the molecule is Cc1ccc(C(=O)Nc2cc(C(F)(F)F)ccn2)cc1NC1=C2N=C(N3CCCC3)N=CC2N(Cc2ccc(C(=O)Nc3cccc(S(=O)(=O)N(C)C)c3)cc2Nc2ncnc3cnc(N4CCCC4)nc23)C=N1. The van der Waals surface area contributed by atoms with Crippen molar-refractivity contribution < 1.29 is 31.2 Å². The molecule has 3 aromatic heterocycles.